The minimum atomic E-state index is -3.54. The van der Waals surface area contributed by atoms with Crippen LogP contribution in [0.3, 0.4) is 0 Å². The molecule has 2 aromatic carbocycles. The van der Waals surface area contributed by atoms with Crippen LogP contribution >= 0.6 is 0 Å². The second kappa shape index (κ2) is 7.76. The molecule has 1 atom stereocenters. The second-order valence-electron chi connectivity index (χ2n) is 6.93. The van der Waals surface area contributed by atoms with Crippen LogP contribution in [0.1, 0.15) is 26.7 Å². The quantitative estimate of drug-likeness (QED) is 0.808. The van der Waals surface area contributed by atoms with E-state index in [-0.39, 0.29) is 11.8 Å². The van der Waals surface area contributed by atoms with Crippen molar-refractivity contribution in [3.05, 3.63) is 42.5 Å². The van der Waals surface area contributed by atoms with Gasteiger partial charge in [0.15, 0.2) is 0 Å². The summed E-state index contributed by atoms with van der Waals surface area (Å²) in [4.78, 5) is 14.5. The normalized spacial score (nSPS) is 17.4. The summed E-state index contributed by atoms with van der Waals surface area (Å²) >= 11 is 0. The average molecular weight is 375 g/mol. The molecule has 1 fully saturated rings. The van der Waals surface area contributed by atoms with E-state index in [9.17, 15) is 13.2 Å². The molecule has 0 N–H and O–H groups in total. The van der Waals surface area contributed by atoms with E-state index in [4.69, 9.17) is 0 Å². The highest BCUT2D eigenvalue weighted by Crippen LogP contribution is 2.23. The van der Waals surface area contributed by atoms with Gasteiger partial charge in [0.25, 0.3) is 0 Å². The number of carbonyl (C=O) groups excluding carboxylic acids is 1. The van der Waals surface area contributed by atoms with Gasteiger partial charge in [-0.2, -0.15) is 4.31 Å². The van der Waals surface area contributed by atoms with Gasteiger partial charge in [-0.3, -0.25) is 4.79 Å². The van der Waals surface area contributed by atoms with Gasteiger partial charge in [0.2, 0.25) is 15.9 Å². The van der Waals surface area contributed by atoms with Gasteiger partial charge in [0.05, 0.1) is 4.90 Å². The first-order valence-electron chi connectivity index (χ1n) is 9.21. The Morgan fingerprint density at radius 3 is 2.35 bits per heavy atom. The van der Waals surface area contributed by atoms with Crippen LogP contribution < -0.4 is 0 Å². The van der Waals surface area contributed by atoms with Gasteiger partial charge in [-0.25, -0.2) is 8.42 Å². The third-order valence-corrected chi connectivity index (χ3v) is 6.95. The summed E-state index contributed by atoms with van der Waals surface area (Å²) in [5.41, 5.74) is 0. The minimum absolute atomic E-state index is 0.00337. The molecular weight excluding hydrogens is 348 g/mol. The van der Waals surface area contributed by atoms with E-state index in [1.807, 2.05) is 37.3 Å². The van der Waals surface area contributed by atoms with Crippen molar-refractivity contribution >= 4 is 26.7 Å². The van der Waals surface area contributed by atoms with Crippen LogP contribution in [-0.4, -0.2) is 49.7 Å². The molecule has 0 radical (unpaired) electrons. The minimum Gasteiger partial charge on any atom is -0.340 e. The van der Waals surface area contributed by atoms with Gasteiger partial charge in [-0.05, 0) is 29.3 Å². The lowest BCUT2D eigenvalue weighted by molar-refractivity contribution is -0.136. The Morgan fingerprint density at radius 1 is 1.04 bits per heavy atom. The fourth-order valence-corrected chi connectivity index (χ4v) is 4.95. The number of fused-ring (bicyclic) bond motifs is 1. The lowest BCUT2D eigenvalue weighted by Gasteiger charge is -2.35. The van der Waals surface area contributed by atoms with Crippen molar-refractivity contribution < 1.29 is 13.2 Å². The van der Waals surface area contributed by atoms with Crippen LogP contribution in [0.2, 0.25) is 0 Å². The van der Waals surface area contributed by atoms with E-state index in [0.717, 1.165) is 23.6 Å². The molecule has 1 heterocycles. The van der Waals surface area contributed by atoms with Crippen LogP contribution in [0.25, 0.3) is 10.8 Å². The highest BCUT2D eigenvalue weighted by Gasteiger charge is 2.31. The highest BCUT2D eigenvalue weighted by atomic mass is 32.2. The molecule has 0 spiro atoms. The number of amides is 1. The van der Waals surface area contributed by atoms with Crippen molar-refractivity contribution in [1.82, 2.24) is 9.21 Å². The number of benzene rings is 2. The van der Waals surface area contributed by atoms with E-state index in [1.165, 1.54) is 4.31 Å². The van der Waals surface area contributed by atoms with Gasteiger partial charge < -0.3 is 4.90 Å². The van der Waals surface area contributed by atoms with Crippen LogP contribution in [0.15, 0.2) is 47.4 Å². The first-order valence-corrected chi connectivity index (χ1v) is 10.6. The van der Waals surface area contributed by atoms with Gasteiger partial charge in [0.1, 0.15) is 0 Å². The van der Waals surface area contributed by atoms with Crippen LogP contribution in [0.5, 0.6) is 0 Å². The monoisotopic (exact) mass is 374 g/mol. The molecule has 1 aliphatic rings. The maximum atomic E-state index is 13.0. The molecule has 0 aliphatic carbocycles. The Labute approximate surface area is 155 Å². The van der Waals surface area contributed by atoms with Crippen LogP contribution in [-0.2, 0) is 14.8 Å². The number of hydrogen-bond acceptors (Lipinski definition) is 3. The highest BCUT2D eigenvalue weighted by molar-refractivity contribution is 7.89. The fourth-order valence-electron chi connectivity index (χ4n) is 3.49. The number of sulfonamides is 1. The fraction of sp³-hybridized carbons (Fsp3) is 0.450. The van der Waals surface area contributed by atoms with Crippen molar-refractivity contribution in [2.75, 3.05) is 26.2 Å². The predicted octanol–water partition coefficient (Wildman–Crippen LogP) is 3.11. The summed E-state index contributed by atoms with van der Waals surface area (Å²) in [5, 5.41) is 1.93. The third-order valence-electron chi connectivity index (χ3n) is 5.05. The summed E-state index contributed by atoms with van der Waals surface area (Å²) in [6.07, 6.45) is 1.84. The molecular formula is C20H26N2O3S. The molecule has 0 aromatic heterocycles. The Hall–Kier alpha value is -1.92. The standard InChI is InChI=1S/C20H26N2O3S/c1-3-6-16(2)20(23)21-11-13-22(14-12-21)26(24,25)19-10-9-17-7-4-5-8-18(17)15-19/h4-5,7-10,15-16H,3,6,11-14H2,1-2H3. The zero-order chi connectivity index (χ0) is 18.7. The molecule has 0 bridgehead atoms. The molecule has 6 heteroatoms. The summed E-state index contributed by atoms with van der Waals surface area (Å²) in [6, 6.07) is 13.0. The Morgan fingerprint density at radius 2 is 1.69 bits per heavy atom. The number of piperazine rings is 1. The summed E-state index contributed by atoms with van der Waals surface area (Å²) in [5.74, 6) is 0.137. The molecule has 26 heavy (non-hydrogen) atoms. The van der Waals surface area contributed by atoms with Crippen molar-refractivity contribution in [3.63, 3.8) is 0 Å². The summed E-state index contributed by atoms with van der Waals surface area (Å²) in [6.45, 7) is 5.63. The third kappa shape index (κ3) is 3.76. The van der Waals surface area contributed by atoms with Crippen molar-refractivity contribution in [1.29, 1.82) is 0 Å². The van der Waals surface area contributed by atoms with E-state index in [0.29, 0.717) is 31.1 Å². The molecule has 5 nitrogen and oxygen atoms in total. The Balaban J connectivity index is 1.72. The Kier molecular flexibility index (Phi) is 5.63. The van der Waals surface area contributed by atoms with Gasteiger partial charge in [0, 0.05) is 32.1 Å². The van der Waals surface area contributed by atoms with Crippen molar-refractivity contribution in [3.8, 4) is 0 Å². The molecule has 1 amide bonds. The van der Waals surface area contributed by atoms with Crippen LogP contribution in [0.4, 0.5) is 0 Å². The van der Waals surface area contributed by atoms with E-state index in [2.05, 4.69) is 6.92 Å². The lowest BCUT2D eigenvalue weighted by atomic mass is 10.0. The number of rotatable bonds is 5. The van der Waals surface area contributed by atoms with E-state index < -0.39 is 10.0 Å². The topological polar surface area (TPSA) is 57.7 Å². The first-order chi connectivity index (χ1) is 12.4. The van der Waals surface area contributed by atoms with Crippen molar-refractivity contribution in [2.24, 2.45) is 5.92 Å². The Bertz CT molecular complexity index is 887. The molecule has 2 aromatic rings. The SMILES string of the molecule is CCCC(C)C(=O)N1CCN(S(=O)(=O)c2ccc3ccccc3c2)CC1. The molecule has 140 valence electrons. The van der Waals surface area contributed by atoms with Crippen LogP contribution in [0, 0.1) is 5.92 Å². The molecule has 1 unspecified atom stereocenters. The smallest absolute Gasteiger partial charge is 0.243 e. The molecule has 0 saturated carbocycles. The maximum Gasteiger partial charge on any atom is 0.243 e. The van der Waals surface area contributed by atoms with E-state index >= 15 is 0 Å². The second-order valence-corrected chi connectivity index (χ2v) is 8.87. The number of carbonyl (C=O) groups is 1. The zero-order valence-corrected chi connectivity index (χ0v) is 16.2. The van der Waals surface area contributed by atoms with E-state index in [1.54, 1.807) is 17.0 Å². The molecule has 1 aliphatic heterocycles. The zero-order valence-electron chi connectivity index (χ0n) is 15.4. The number of nitrogens with zero attached hydrogens (tertiary/aromatic N) is 2. The summed E-state index contributed by atoms with van der Waals surface area (Å²) < 4.78 is 27.4. The first kappa shape index (κ1) is 18.9. The maximum absolute atomic E-state index is 13.0. The van der Waals surface area contributed by atoms with Gasteiger partial charge in [-0.15, -0.1) is 0 Å². The molecule has 1 saturated heterocycles. The lowest BCUT2D eigenvalue weighted by Crippen LogP contribution is -2.51. The predicted molar refractivity (Wildman–Crippen MR) is 103 cm³/mol. The van der Waals surface area contributed by atoms with Crippen molar-refractivity contribution in [2.45, 2.75) is 31.6 Å². The van der Waals surface area contributed by atoms with Gasteiger partial charge in [-0.1, -0.05) is 50.6 Å². The molecule has 3 rings (SSSR count). The summed E-state index contributed by atoms with van der Waals surface area (Å²) in [7, 11) is -3.54. The largest absolute Gasteiger partial charge is 0.340 e. The van der Waals surface area contributed by atoms with Gasteiger partial charge >= 0.3 is 0 Å². The number of hydrogen-bond donors (Lipinski definition) is 0. The average Bonchev–Trinajstić information content (AvgIpc) is 2.67.